The zero-order valence-electron chi connectivity index (χ0n) is 8.70. The van der Waals surface area contributed by atoms with Crippen molar-refractivity contribution in [2.75, 3.05) is 0 Å². The molecule has 0 saturated carbocycles. The average Bonchev–Trinajstić information content (AvgIpc) is 2.52. The zero-order chi connectivity index (χ0) is 9.90. The van der Waals surface area contributed by atoms with E-state index in [4.69, 9.17) is 0 Å². The third-order valence-corrected chi connectivity index (χ3v) is 2.11. The number of imidazole rings is 1. The van der Waals surface area contributed by atoms with E-state index < -0.39 is 0 Å². The highest BCUT2D eigenvalue weighted by molar-refractivity contribution is 5.25. The van der Waals surface area contributed by atoms with Crippen LogP contribution in [0.25, 0.3) is 0 Å². The first kappa shape index (κ1) is 9.96. The monoisotopic (exact) mass is 180 g/mol. The number of aryl methyl sites for hydroxylation is 1. The molecule has 0 atom stereocenters. The maximum absolute atomic E-state index is 4.07. The van der Waals surface area contributed by atoms with Crippen LogP contribution in [0, 0.1) is 0 Å². The molecule has 0 radical (unpaired) electrons. The highest BCUT2D eigenvalue weighted by atomic mass is 15.1. The van der Waals surface area contributed by atoms with Gasteiger partial charge in [-0.3, -0.25) is 4.99 Å². The quantitative estimate of drug-likeness (QED) is 0.491. The van der Waals surface area contributed by atoms with Crippen LogP contribution in [0.15, 0.2) is 23.7 Å². The predicted octanol–water partition coefficient (Wildman–Crippen LogP) is 1.27. The Hall–Kier alpha value is -1.12. The van der Waals surface area contributed by atoms with E-state index >= 15 is 0 Å². The maximum atomic E-state index is 4.07. The van der Waals surface area contributed by atoms with Gasteiger partial charge in [-0.05, 0) is 27.5 Å². The molecule has 0 unspecified atom stereocenters. The van der Waals surface area contributed by atoms with E-state index in [9.17, 15) is 0 Å². The molecule has 0 spiro atoms. The van der Waals surface area contributed by atoms with Gasteiger partial charge in [0.25, 0.3) is 0 Å². The second-order valence-corrected chi connectivity index (χ2v) is 3.89. The summed E-state index contributed by atoms with van der Waals surface area (Å²) in [5.41, 5.74) is -0.0788. The second kappa shape index (κ2) is 3.73. The molecule has 0 amide bonds. The Morgan fingerprint density at radius 1 is 1.54 bits per heavy atom. The van der Waals surface area contributed by atoms with Gasteiger partial charge in [-0.15, -0.1) is 0 Å². The Bertz CT molecular complexity index is 286. The molecule has 13 heavy (non-hydrogen) atoms. The minimum absolute atomic E-state index is 0.0788. The molecule has 1 aromatic heterocycles. The number of aliphatic imine (C=N–C) groups is 1. The van der Waals surface area contributed by atoms with Gasteiger partial charge in [-0.25, -0.2) is 9.13 Å². The molecule has 1 rings (SSSR count). The lowest BCUT2D eigenvalue weighted by Gasteiger charge is -2.15. The van der Waals surface area contributed by atoms with Crippen LogP contribution in [-0.2, 0) is 13.1 Å². The normalized spacial score (nSPS) is 11.6. The van der Waals surface area contributed by atoms with Crippen molar-refractivity contribution in [2.24, 2.45) is 4.99 Å². The van der Waals surface area contributed by atoms with E-state index in [1.807, 2.05) is 0 Å². The van der Waals surface area contributed by atoms with Gasteiger partial charge in [0.15, 0.2) is 0 Å². The van der Waals surface area contributed by atoms with E-state index in [-0.39, 0.29) is 5.54 Å². The van der Waals surface area contributed by atoms with E-state index in [1.54, 1.807) is 0 Å². The SMILES string of the molecule is C=NC(C)(C)C[n+]1ccn(CC)c1. The lowest BCUT2D eigenvalue weighted by Crippen LogP contribution is -2.42. The molecule has 3 nitrogen and oxygen atoms in total. The summed E-state index contributed by atoms with van der Waals surface area (Å²) in [6.07, 6.45) is 6.22. The molecule has 0 bridgehead atoms. The minimum atomic E-state index is -0.0788. The Labute approximate surface area is 79.7 Å². The Kier molecular flexibility index (Phi) is 2.86. The summed E-state index contributed by atoms with van der Waals surface area (Å²) in [6, 6.07) is 0. The fourth-order valence-electron chi connectivity index (χ4n) is 1.22. The first-order valence-corrected chi connectivity index (χ1v) is 4.60. The first-order valence-electron chi connectivity index (χ1n) is 4.60. The molecule has 0 aromatic carbocycles. The van der Waals surface area contributed by atoms with Crippen LogP contribution in [-0.4, -0.2) is 16.8 Å². The Morgan fingerprint density at radius 2 is 2.23 bits per heavy atom. The average molecular weight is 180 g/mol. The molecular formula is C10H18N3+. The fourth-order valence-corrected chi connectivity index (χ4v) is 1.22. The molecule has 72 valence electrons. The standard InChI is InChI=1S/C10H18N3/c1-5-12-6-7-13(9-12)8-10(2,3)11-4/h6-7,9H,4-5,8H2,1-3H3/q+1. The third-order valence-electron chi connectivity index (χ3n) is 2.11. The van der Waals surface area contributed by atoms with E-state index in [0.29, 0.717) is 0 Å². The van der Waals surface area contributed by atoms with Crippen LogP contribution < -0.4 is 4.57 Å². The van der Waals surface area contributed by atoms with Crippen LogP contribution in [0.3, 0.4) is 0 Å². The predicted molar refractivity (Wildman–Crippen MR) is 53.9 cm³/mol. The van der Waals surface area contributed by atoms with Crippen molar-refractivity contribution in [1.82, 2.24) is 4.57 Å². The summed E-state index contributed by atoms with van der Waals surface area (Å²) in [4.78, 5) is 4.07. The van der Waals surface area contributed by atoms with Gasteiger partial charge in [0.1, 0.15) is 18.9 Å². The van der Waals surface area contributed by atoms with E-state index in [0.717, 1.165) is 13.1 Å². The van der Waals surface area contributed by atoms with Crippen LogP contribution in [0.1, 0.15) is 20.8 Å². The molecule has 1 aromatic rings. The van der Waals surface area contributed by atoms with Gasteiger partial charge in [0.2, 0.25) is 6.33 Å². The first-order chi connectivity index (χ1) is 6.07. The molecule has 0 aliphatic heterocycles. The summed E-state index contributed by atoms with van der Waals surface area (Å²) in [5.74, 6) is 0. The number of nitrogens with zero attached hydrogens (tertiary/aromatic N) is 3. The van der Waals surface area contributed by atoms with Gasteiger partial charge < -0.3 is 0 Å². The van der Waals surface area contributed by atoms with Crippen LogP contribution >= 0.6 is 0 Å². The van der Waals surface area contributed by atoms with Gasteiger partial charge >= 0.3 is 0 Å². The zero-order valence-corrected chi connectivity index (χ0v) is 8.70. The largest absolute Gasteiger partial charge is 0.291 e. The van der Waals surface area contributed by atoms with Gasteiger partial charge in [0.05, 0.1) is 12.1 Å². The van der Waals surface area contributed by atoms with Crippen molar-refractivity contribution >= 4 is 6.72 Å². The lowest BCUT2D eigenvalue weighted by atomic mass is 10.1. The summed E-state index contributed by atoms with van der Waals surface area (Å²) in [5, 5.41) is 0. The van der Waals surface area contributed by atoms with Gasteiger partial charge in [0, 0.05) is 0 Å². The highest BCUT2D eigenvalue weighted by Crippen LogP contribution is 2.06. The smallest absolute Gasteiger partial charge is 0.243 e. The molecule has 0 aliphatic carbocycles. The highest BCUT2D eigenvalue weighted by Gasteiger charge is 2.18. The fraction of sp³-hybridized carbons (Fsp3) is 0.600. The molecule has 1 heterocycles. The summed E-state index contributed by atoms with van der Waals surface area (Å²) >= 11 is 0. The second-order valence-electron chi connectivity index (χ2n) is 3.89. The molecule has 0 N–H and O–H groups in total. The summed E-state index contributed by atoms with van der Waals surface area (Å²) in [6.45, 7) is 11.8. The number of hydrogen-bond acceptors (Lipinski definition) is 1. The van der Waals surface area contributed by atoms with E-state index in [2.05, 4.69) is 60.3 Å². The molecule has 0 saturated heterocycles. The number of rotatable bonds is 4. The molecule has 0 fully saturated rings. The van der Waals surface area contributed by atoms with Crippen molar-refractivity contribution in [2.45, 2.75) is 39.4 Å². The van der Waals surface area contributed by atoms with Crippen molar-refractivity contribution in [3.8, 4) is 0 Å². The van der Waals surface area contributed by atoms with Gasteiger partial charge in [-0.2, -0.15) is 0 Å². The minimum Gasteiger partial charge on any atom is -0.291 e. The topological polar surface area (TPSA) is 21.2 Å². The number of aromatic nitrogens is 2. The van der Waals surface area contributed by atoms with Crippen LogP contribution in [0.5, 0.6) is 0 Å². The molecule has 0 aliphatic rings. The van der Waals surface area contributed by atoms with Crippen LogP contribution in [0.4, 0.5) is 0 Å². The number of hydrogen-bond donors (Lipinski definition) is 0. The maximum Gasteiger partial charge on any atom is 0.243 e. The summed E-state index contributed by atoms with van der Waals surface area (Å²) < 4.78 is 4.28. The third kappa shape index (κ3) is 2.68. The van der Waals surface area contributed by atoms with Crippen molar-refractivity contribution in [3.05, 3.63) is 18.7 Å². The Balaban J connectivity index is 2.69. The van der Waals surface area contributed by atoms with Crippen molar-refractivity contribution < 1.29 is 4.57 Å². The molecule has 3 heteroatoms. The van der Waals surface area contributed by atoms with Crippen molar-refractivity contribution in [3.63, 3.8) is 0 Å². The van der Waals surface area contributed by atoms with Gasteiger partial charge in [-0.1, -0.05) is 0 Å². The van der Waals surface area contributed by atoms with Crippen LogP contribution in [0.2, 0.25) is 0 Å². The molecular weight excluding hydrogens is 162 g/mol. The van der Waals surface area contributed by atoms with E-state index in [1.165, 1.54) is 0 Å². The lowest BCUT2D eigenvalue weighted by molar-refractivity contribution is -0.702. The Morgan fingerprint density at radius 3 is 2.69 bits per heavy atom. The summed E-state index contributed by atoms with van der Waals surface area (Å²) in [7, 11) is 0. The van der Waals surface area contributed by atoms with Crippen molar-refractivity contribution in [1.29, 1.82) is 0 Å².